The molecule has 1 N–H and O–H groups in total. The molecule has 2 amide bonds. The van der Waals surface area contributed by atoms with Crippen molar-refractivity contribution in [2.24, 2.45) is 0 Å². The summed E-state index contributed by atoms with van der Waals surface area (Å²) >= 11 is 0. The molecule has 1 aliphatic rings. The van der Waals surface area contributed by atoms with Crippen LogP contribution in [0.1, 0.15) is 44.7 Å². The van der Waals surface area contributed by atoms with Gasteiger partial charge in [-0.3, -0.25) is 9.59 Å². The number of amides is 2. The van der Waals surface area contributed by atoms with Gasteiger partial charge in [0.1, 0.15) is 0 Å². The SMILES string of the molecule is CCCC(=O)N1CCC(c2nn(CCNC(C)=O)c3ncccc23)C1. The van der Waals surface area contributed by atoms with Gasteiger partial charge in [0, 0.05) is 50.5 Å². The van der Waals surface area contributed by atoms with Crippen LogP contribution in [0.25, 0.3) is 11.0 Å². The van der Waals surface area contributed by atoms with Gasteiger partial charge in [0.25, 0.3) is 0 Å². The second-order valence-electron chi connectivity index (χ2n) is 6.54. The summed E-state index contributed by atoms with van der Waals surface area (Å²) in [6.07, 6.45) is 4.18. The molecule has 0 aromatic carbocycles. The summed E-state index contributed by atoms with van der Waals surface area (Å²) in [5, 5.41) is 8.61. The minimum atomic E-state index is -0.0504. The lowest BCUT2D eigenvalue weighted by molar-refractivity contribution is -0.130. The first-order valence-electron chi connectivity index (χ1n) is 8.93. The quantitative estimate of drug-likeness (QED) is 0.865. The maximum absolute atomic E-state index is 12.1. The standard InChI is InChI=1S/C18H25N5O2/c1-3-5-16(25)22-10-7-14(12-22)17-15-6-4-8-20-18(15)23(21-17)11-9-19-13(2)24/h4,6,8,14H,3,5,7,9-12H2,1-2H3,(H,19,24). The molecule has 7 heteroatoms. The zero-order valence-electron chi connectivity index (χ0n) is 14.9. The van der Waals surface area contributed by atoms with Gasteiger partial charge >= 0.3 is 0 Å². The van der Waals surface area contributed by atoms with Crippen LogP contribution >= 0.6 is 0 Å². The fourth-order valence-electron chi connectivity index (χ4n) is 3.41. The minimum absolute atomic E-state index is 0.0504. The molecule has 0 spiro atoms. The third kappa shape index (κ3) is 3.81. The van der Waals surface area contributed by atoms with Gasteiger partial charge in [-0.25, -0.2) is 9.67 Å². The first-order valence-corrected chi connectivity index (χ1v) is 8.93. The lowest BCUT2D eigenvalue weighted by Gasteiger charge is -2.15. The smallest absolute Gasteiger partial charge is 0.222 e. The number of carbonyl (C=O) groups is 2. The summed E-state index contributed by atoms with van der Waals surface area (Å²) in [5.41, 5.74) is 1.85. The maximum Gasteiger partial charge on any atom is 0.222 e. The molecule has 1 fully saturated rings. The van der Waals surface area contributed by atoms with Crippen molar-refractivity contribution in [1.29, 1.82) is 0 Å². The molecule has 0 bridgehead atoms. The summed E-state index contributed by atoms with van der Waals surface area (Å²) in [7, 11) is 0. The molecule has 1 atom stereocenters. The Labute approximate surface area is 147 Å². The first-order chi connectivity index (χ1) is 12.1. The van der Waals surface area contributed by atoms with E-state index in [1.54, 1.807) is 6.20 Å². The van der Waals surface area contributed by atoms with Gasteiger partial charge in [-0.15, -0.1) is 0 Å². The van der Waals surface area contributed by atoms with E-state index in [0.717, 1.165) is 42.7 Å². The molecule has 134 valence electrons. The summed E-state index contributed by atoms with van der Waals surface area (Å²) in [6.45, 7) is 6.16. The van der Waals surface area contributed by atoms with Gasteiger partial charge in [0.05, 0.1) is 12.2 Å². The second kappa shape index (κ2) is 7.63. The van der Waals surface area contributed by atoms with E-state index < -0.39 is 0 Å². The number of pyridine rings is 1. The van der Waals surface area contributed by atoms with Crippen molar-refractivity contribution in [3.63, 3.8) is 0 Å². The highest BCUT2D eigenvalue weighted by molar-refractivity contribution is 5.80. The molecule has 0 aliphatic carbocycles. The molecule has 7 nitrogen and oxygen atoms in total. The molecule has 0 radical (unpaired) electrons. The summed E-state index contributed by atoms with van der Waals surface area (Å²) in [6, 6.07) is 3.96. The number of carbonyl (C=O) groups excluding carboxylic acids is 2. The van der Waals surface area contributed by atoms with Crippen LogP contribution in [-0.4, -0.2) is 51.1 Å². The van der Waals surface area contributed by atoms with E-state index in [1.807, 2.05) is 28.6 Å². The third-order valence-electron chi connectivity index (χ3n) is 4.62. The van der Waals surface area contributed by atoms with E-state index in [2.05, 4.69) is 10.3 Å². The highest BCUT2D eigenvalue weighted by Gasteiger charge is 2.30. The molecule has 2 aromatic heterocycles. The van der Waals surface area contributed by atoms with Crippen molar-refractivity contribution in [3.8, 4) is 0 Å². The topological polar surface area (TPSA) is 80.1 Å². The Hall–Kier alpha value is -2.44. The van der Waals surface area contributed by atoms with E-state index in [4.69, 9.17) is 5.10 Å². The van der Waals surface area contributed by atoms with Gasteiger partial charge in [-0.05, 0) is 25.0 Å². The van der Waals surface area contributed by atoms with Crippen LogP contribution in [0.5, 0.6) is 0 Å². The number of aromatic nitrogens is 3. The molecule has 0 saturated carbocycles. The highest BCUT2D eigenvalue weighted by Crippen LogP contribution is 2.31. The fourth-order valence-corrected chi connectivity index (χ4v) is 3.41. The van der Waals surface area contributed by atoms with Crippen molar-refractivity contribution in [2.75, 3.05) is 19.6 Å². The molecular formula is C18H25N5O2. The van der Waals surface area contributed by atoms with Crippen LogP contribution in [0.15, 0.2) is 18.3 Å². The van der Waals surface area contributed by atoms with Crippen LogP contribution in [-0.2, 0) is 16.1 Å². The number of rotatable bonds is 6. The highest BCUT2D eigenvalue weighted by atomic mass is 16.2. The number of likely N-dealkylation sites (tertiary alicyclic amines) is 1. The largest absolute Gasteiger partial charge is 0.354 e. The predicted molar refractivity (Wildman–Crippen MR) is 95.1 cm³/mol. The average Bonchev–Trinajstić information content (AvgIpc) is 3.20. The molecule has 2 aromatic rings. The monoisotopic (exact) mass is 343 g/mol. The molecule has 1 aliphatic heterocycles. The van der Waals surface area contributed by atoms with Crippen molar-refractivity contribution in [2.45, 2.75) is 45.6 Å². The van der Waals surface area contributed by atoms with Gasteiger partial charge in [0.2, 0.25) is 11.8 Å². The molecule has 3 rings (SSSR count). The van der Waals surface area contributed by atoms with Crippen molar-refractivity contribution in [3.05, 3.63) is 24.0 Å². The minimum Gasteiger partial charge on any atom is -0.354 e. The lowest BCUT2D eigenvalue weighted by Crippen LogP contribution is -2.28. The van der Waals surface area contributed by atoms with Crippen LogP contribution in [0, 0.1) is 0 Å². The summed E-state index contributed by atoms with van der Waals surface area (Å²) in [5.74, 6) is 0.428. The van der Waals surface area contributed by atoms with E-state index >= 15 is 0 Å². The molecule has 1 saturated heterocycles. The van der Waals surface area contributed by atoms with Crippen LogP contribution < -0.4 is 5.32 Å². The third-order valence-corrected chi connectivity index (χ3v) is 4.62. The van der Waals surface area contributed by atoms with E-state index in [-0.39, 0.29) is 17.7 Å². The number of hydrogen-bond acceptors (Lipinski definition) is 4. The maximum atomic E-state index is 12.1. The zero-order chi connectivity index (χ0) is 17.8. The number of nitrogens with one attached hydrogen (secondary N) is 1. The predicted octanol–water partition coefficient (Wildman–Crippen LogP) is 1.68. The van der Waals surface area contributed by atoms with Crippen LogP contribution in [0.4, 0.5) is 0 Å². The van der Waals surface area contributed by atoms with Crippen molar-refractivity contribution >= 4 is 22.8 Å². The van der Waals surface area contributed by atoms with E-state index in [1.165, 1.54) is 6.92 Å². The molecule has 25 heavy (non-hydrogen) atoms. The average molecular weight is 343 g/mol. The van der Waals surface area contributed by atoms with Gasteiger partial charge in [-0.2, -0.15) is 5.10 Å². The van der Waals surface area contributed by atoms with Crippen LogP contribution in [0.2, 0.25) is 0 Å². The zero-order valence-corrected chi connectivity index (χ0v) is 14.9. The summed E-state index contributed by atoms with van der Waals surface area (Å²) < 4.78 is 1.86. The molecule has 3 heterocycles. The Morgan fingerprint density at radius 3 is 3.00 bits per heavy atom. The Kier molecular flexibility index (Phi) is 5.31. The molecule has 1 unspecified atom stereocenters. The molecular weight excluding hydrogens is 318 g/mol. The van der Waals surface area contributed by atoms with Gasteiger partial charge in [-0.1, -0.05) is 6.92 Å². The van der Waals surface area contributed by atoms with Gasteiger partial charge < -0.3 is 10.2 Å². The Morgan fingerprint density at radius 2 is 2.24 bits per heavy atom. The van der Waals surface area contributed by atoms with E-state index in [0.29, 0.717) is 19.5 Å². The van der Waals surface area contributed by atoms with Crippen molar-refractivity contribution < 1.29 is 9.59 Å². The number of fused-ring (bicyclic) bond motifs is 1. The number of hydrogen-bond donors (Lipinski definition) is 1. The van der Waals surface area contributed by atoms with E-state index in [9.17, 15) is 9.59 Å². The Morgan fingerprint density at radius 1 is 1.40 bits per heavy atom. The Bertz CT molecular complexity index is 770. The fraction of sp³-hybridized carbons (Fsp3) is 0.556. The van der Waals surface area contributed by atoms with Gasteiger partial charge in [0.15, 0.2) is 5.65 Å². The van der Waals surface area contributed by atoms with Crippen LogP contribution in [0.3, 0.4) is 0 Å². The summed E-state index contributed by atoms with van der Waals surface area (Å²) in [4.78, 5) is 29.6. The Balaban J connectivity index is 1.80. The van der Waals surface area contributed by atoms with Crippen molar-refractivity contribution in [1.82, 2.24) is 25.0 Å². The second-order valence-corrected chi connectivity index (χ2v) is 6.54. The first kappa shape index (κ1) is 17.4. The number of nitrogens with zero attached hydrogens (tertiary/aromatic N) is 4. The lowest BCUT2D eigenvalue weighted by atomic mass is 10.0. The normalized spacial score (nSPS) is 17.2.